The molecule has 0 N–H and O–H groups in total. The number of rotatable bonds is 10. The van der Waals surface area contributed by atoms with Gasteiger partial charge in [-0.05, 0) is 82.2 Å². The van der Waals surface area contributed by atoms with Crippen LogP contribution in [0.5, 0.6) is 0 Å². The van der Waals surface area contributed by atoms with Crippen molar-refractivity contribution in [3.05, 3.63) is 69.8 Å². The average molecular weight is 407 g/mol. The van der Waals surface area contributed by atoms with Gasteiger partial charge in [-0.25, -0.2) is 0 Å². The number of hydrogen-bond acceptors (Lipinski definition) is 0. The van der Waals surface area contributed by atoms with Gasteiger partial charge in [-0.15, -0.1) is 0 Å². The van der Waals surface area contributed by atoms with Crippen molar-refractivity contribution in [3.63, 3.8) is 0 Å². The van der Waals surface area contributed by atoms with Gasteiger partial charge in [0.1, 0.15) is 0 Å². The summed E-state index contributed by atoms with van der Waals surface area (Å²) >= 11 is 0. The van der Waals surface area contributed by atoms with Crippen molar-refractivity contribution in [1.29, 1.82) is 0 Å². The van der Waals surface area contributed by atoms with E-state index in [1.54, 1.807) is 33.4 Å². The van der Waals surface area contributed by atoms with Crippen molar-refractivity contribution < 1.29 is 0 Å². The normalized spacial score (nSPS) is 13.1. The van der Waals surface area contributed by atoms with Crippen LogP contribution < -0.4 is 0 Å². The molecule has 0 radical (unpaired) electrons. The van der Waals surface area contributed by atoms with E-state index in [1.807, 2.05) is 0 Å². The molecule has 0 aliphatic carbocycles. The first kappa shape index (κ1) is 24.7. The van der Waals surface area contributed by atoms with Gasteiger partial charge in [0.2, 0.25) is 0 Å². The number of hydrogen-bond donors (Lipinski definition) is 0. The molecule has 2 aromatic rings. The van der Waals surface area contributed by atoms with E-state index in [0.29, 0.717) is 29.6 Å². The van der Waals surface area contributed by atoms with Crippen LogP contribution in [0.3, 0.4) is 0 Å². The van der Waals surface area contributed by atoms with Gasteiger partial charge in [0.05, 0.1) is 0 Å². The van der Waals surface area contributed by atoms with Crippen LogP contribution in [0.25, 0.3) is 0 Å². The highest BCUT2D eigenvalue weighted by Crippen LogP contribution is 2.36. The molecule has 0 saturated carbocycles. The molecule has 0 spiro atoms. The standard InChI is InChI=1S/C30H46/c1-20(2)25-16-12-17-26(21(3)4)29(25)15-11-10-14-24(9)30-27(22(5)6)18-13-19-28(30)23(7)8/h12-13,16-24H,10-11,14-15H2,1-9H3/t24-/m1/s1. The van der Waals surface area contributed by atoms with Crippen molar-refractivity contribution in [2.24, 2.45) is 0 Å². The van der Waals surface area contributed by atoms with Crippen LogP contribution in [0.4, 0.5) is 0 Å². The van der Waals surface area contributed by atoms with Gasteiger partial charge in [-0.3, -0.25) is 0 Å². The summed E-state index contributed by atoms with van der Waals surface area (Å²) in [6, 6.07) is 13.9. The fourth-order valence-electron chi connectivity index (χ4n) is 5.07. The highest BCUT2D eigenvalue weighted by Gasteiger charge is 2.19. The monoisotopic (exact) mass is 406 g/mol. The molecule has 2 aromatic carbocycles. The summed E-state index contributed by atoms with van der Waals surface area (Å²) in [5.74, 6) is 3.01. The Morgan fingerprint density at radius 3 is 1.33 bits per heavy atom. The zero-order chi connectivity index (χ0) is 22.4. The van der Waals surface area contributed by atoms with Crippen LogP contribution in [0.2, 0.25) is 0 Å². The average Bonchev–Trinajstić information content (AvgIpc) is 2.69. The Kier molecular flexibility index (Phi) is 9.20. The van der Waals surface area contributed by atoms with Crippen LogP contribution in [0, 0.1) is 0 Å². The van der Waals surface area contributed by atoms with Gasteiger partial charge < -0.3 is 0 Å². The molecule has 0 bridgehead atoms. The van der Waals surface area contributed by atoms with E-state index in [9.17, 15) is 0 Å². The van der Waals surface area contributed by atoms with Crippen LogP contribution in [-0.2, 0) is 6.42 Å². The van der Waals surface area contributed by atoms with Crippen molar-refractivity contribution in [2.75, 3.05) is 0 Å². The molecular formula is C30H46. The summed E-state index contributed by atoms with van der Waals surface area (Å²) in [5.41, 5.74) is 9.48. The Hall–Kier alpha value is -1.56. The second-order valence-electron chi connectivity index (χ2n) is 10.5. The Morgan fingerprint density at radius 2 is 0.933 bits per heavy atom. The van der Waals surface area contributed by atoms with Gasteiger partial charge >= 0.3 is 0 Å². The van der Waals surface area contributed by atoms with E-state index >= 15 is 0 Å². The predicted molar refractivity (Wildman–Crippen MR) is 135 cm³/mol. The summed E-state index contributed by atoms with van der Waals surface area (Å²) in [5, 5.41) is 0. The molecule has 0 unspecified atom stereocenters. The molecular weight excluding hydrogens is 360 g/mol. The maximum atomic E-state index is 2.45. The molecule has 0 nitrogen and oxygen atoms in total. The molecule has 0 aliphatic heterocycles. The van der Waals surface area contributed by atoms with Crippen LogP contribution in [0.1, 0.15) is 145 Å². The Morgan fingerprint density at radius 1 is 0.533 bits per heavy atom. The minimum atomic E-state index is 0.590. The topological polar surface area (TPSA) is 0 Å². The lowest BCUT2D eigenvalue weighted by molar-refractivity contribution is 0.586. The first-order chi connectivity index (χ1) is 14.1. The van der Waals surface area contributed by atoms with Gasteiger partial charge in [-0.2, -0.15) is 0 Å². The van der Waals surface area contributed by atoms with Crippen molar-refractivity contribution in [2.45, 2.75) is 118 Å². The lowest BCUT2D eigenvalue weighted by Gasteiger charge is -2.25. The first-order valence-corrected chi connectivity index (χ1v) is 12.4. The van der Waals surface area contributed by atoms with Gasteiger partial charge in [0, 0.05) is 0 Å². The van der Waals surface area contributed by atoms with E-state index in [0.717, 1.165) is 0 Å². The van der Waals surface area contributed by atoms with Crippen molar-refractivity contribution in [1.82, 2.24) is 0 Å². The lowest BCUT2D eigenvalue weighted by atomic mass is 9.80. The van der Waals surface area contributed by atoms with E-state index in [-0.39, 0.29) is 0 Å². The molecule has 30 heavy (non-hydrogen) atoms. The molecule has 1 atom stereocenters. The second-order valence-corrected chi connectivity index (χ2v) is 10.5. The van der Waals surface area contributed by atoms with Gasteiger partial charge in [0.25, 0.3) is 0 Å². The van der Waals surface area contributed by atoms with Crippen molar-refractivity contribution in [3.8, 4) is 0 Å². The summed E-state index contributed by atoms with van der Waals surface area (Å²) in [4.78, 5) is 0. The van der Waals surface area contributed by atoms with Gasteiger partial charge in [0.15, 0.2) is 0 Å². The third-order valence-electron chi connectivity index (χ3n) is 6.72. The third-order valence-corrected chi connectivity index (χ3v) is 6.72. The maximum absolute atomic E-state index is 2.45. The largest absolute Gasteiger partial charge is 0.0617 e. The number of unbranched alkanes of at least 4 members (excludes halogenated alkanes) is 1. The van der Waals surface area contributed by atoms with Gasteiger partial charge in [-0.1, -0.05) is 105 Å². The molecule has 0 saturated heterocycles. The molecule has 166 valence electrons. The van der Waals surface area contributed by atoms with Crippen LogP contribution in [-0.4, -0.2) is 0 Å². The summed E-state index contributed by atoms with van der Waals surface area (Å²) < 4.78 is 0. The molecule has 0 aromatic heterocycles. The zero-order valence-electron chi connectivity index (χ0n) is 21.2. The molecule has 0 heteroatoms. The van der Waals surface area contributed by atoms with E-state index in [4.69, 9.17) is 0 Å². The summed E-state index contributed by atoms with van der Waals surface area (Å²) in [6.45, 7) is 21.1. The summed E-state index contributed by atoms with van der Waals surface area (Å²) in [6.07, 6.45) is 5.09. The molecule has 0 fully saturated rings. The minimum Gasteiger partial charge on any atom is -0.0617 e. The van der Waals surface area contributed by atoms with Crippen molar-refractivity contribution >= 4 is 0 Å². The Labute approximate surface area is 187 Å². The highest BCUT2D eigenvalue weighted by molar-refractivity contribution is 5.41. The van der Waals surface area contributed by atoms with E-state index in [2.05, 4.69) is 98.7 Å². The van der Waals surface area contributed by atoms with E-state index in [1.165, 1.54) is 25.7 Å². The van der Waals surface area contributed by atoms with Crippen LogP contribution >= 0.6 is 0 Å². The Balaban J connectivity index is 2.13. The molecule has 0 amide bonds. The zero-order valence-corrected chi connectivity index (χ0v) is 21.2. The number of benzene rings is 2. The highest BCUT2D eigenvalue weighted by atomic mass is 14.2. The minimum absolute atomic E-state index is 0.590. The first-order valence-electron chi connectivity index (χ1n) is 12.4. The SMILES string of the molecule is CC(C)c1cccc(C(C)C)c1CCCC[C@@H](C)c1c(C(C)C)cccc1C(C)C. The predicted octanol–water partition coefficient (Wildman–Crippen LogP) is 9.70. The fraction of sp³-hybridized carbons (Fsp3) is 0.600. The maximum Gasteiger partial charge on any atom is -0.0185 e. The quantitative estimate of drug-likeness (QED) is 0.344. The smallest absolute Gasteiger partial charge is 0.0185 e. The third kappa shape index (κ3) is 5.99. The molecule has 0 heterocycles. The molecule has 2 rings (SSSR count). The Bertz CT molecular complexity index is 739. The summed E-state index contributed by atoms with van der Waals surface area (Å²) in [7, 11) is 0. The molecule has 0 aliphatic rings. The fourth-order valence-corrected chi connectivity index (χ4v) is 5.07. The van der Waals surface area contributed by atoms with E-state index < -0.39 is 0 Å². The van der Waals surface area contributed by atoms with Crippen LogP contribution in [0.15, 0.2) is 36.4 Å². The second kappa shape index (κ2) is 11.2. The lowest BCUT2D eigenvalue weighted by Crippen LogP contribution is -2.08.